The lowest BCUT2D eigenvalue weighted by molar-refractivity contribution is -0.764. The molecular weight excluding hydrogens is 484 g/mol. The second kappa shape index (κ2) is 11.0. The highest BCUT2D eigenvalue weighted by molar-refractivity contribution is 5.81. The van der Waals surface area contributed by atoms with Crippen molar-refractivity contribution in [1.29, 1.82) is 0 Å². The largest absolute Gasteiger partial charge is 0.294 e. The van der Waals surface area contributed by atoms with Gasteiger partial charge in [-0.15, -0.1) is 0 Å². The third kappa shape index (κ3) is 4.26. The standard InChI is InChI=1S/C38H49N2/c1-9-12-13-19-29-20-16-18-28(6)34(29)32-23-17-22-30(27(4)5)35(32)39-25-26-40-36(39)31-21-14-15-24-33(31)37(7,10-2)38(40,8)11-3/h14-18,20-27H,9-13,19H2,1-8H3/q+1. The Morgan fingerprint density at radius 3 is 2.25 bits per heavy atom. The van der Waals surface area contributed by atoms with Gasteiger partial charge in [-0.05, 0) is 73.8 Å². The van der Waals surface area contributed by atoms with Gasteiger partial charge in [-0.25, -0.2) is 4.57 Å². The summed E-state index contributed by atoms with van der Waals surface area (Å²) in [6.45, 7) is 18.9. The lowest BCUT2D eigenvalue weighted by Crippen LogP contribution is -2.67. The van der Waals surface area contributed by atoms with Gasteiger partial charge in [0.15, 0.2) is 0 Å². The van der Waals surface area contributed by atoms with Crippen LogP contribution < -0.4 is 4.57 Å². The van der Waals surface area contributed by atoms with Crippen molar-refractivity contribution < 1.29 is 4.57 Å². The van der Waals surface area contributed by atoms with Gasteiger partial charge in [0.05, 0.1) is 5.56 Å². The van der Waals surface area contributed by atoms with E-state index < -0.39 is 0 Å². The summed E-state index contributed by atoms with van der Waals surface area (Å²) in [4.78, 5) is 0. The van der Waals surface area contributed by atoms with Crippen LogP contribution in [0.5, 0.6) is 0 Å². The quantitative estimate of drug-likeness (QED) is 0.149. The average Bonchev–Trinajstić information content (AvgIpc) is 3.41. The zero-order valence-corrected chi connectivity index (χ0v) is 26.1. The first kappa shape index (κ1) is 28.4. The number of aryl methyl sites for hydroxylation is 2. The molecule has 0 bridgehead atoms. The maximum Gasteiger partial charge on any atom is 0.294 e. The Bertz CT molecular complexity index is 1510. The number of rotatable bonds is 9. The van der Waals surface area contributed by atoms with Gasteiger partial charge in [0, 0.05) is 16.5 Å². The Balaban J connectivity index is 1.85. The second-order valence-corrected chi connectivity index (χ2v) is 12.7. The minimum Gasteiger partial charge on any atom is -0.224 e. The number of aromatic nitrogens is 2. The van der Waals surface area contributed by atoms with Crippen molar-refractivity contribution in [1.82, 2.24) is 4.57 Å². The average molecular weight is 534 g/mol. The van der Waals surface area contributed by atoms with E-state index >= 15 is 0 Å². The van der Waals surface area contributed by atoms with Gasteiger partial charge in [0.2, 0.25) is 0 Å². The van der Waals surface area contributed by atoms with E-state index in [0.29, 0.717) is 5.92 Å². The van der Waals surface area contributed by atoms with Crippen LogP contribution in [0.2, 0.25) is 0 Å². The fraction of sp³-hybridized carbons (Fsp3) is 0.447. The van der Waals surface area contributed by atoms with Crippen molar-refractivity contribution in [3.8, 4) is 28.2 Å². The van der Waals surface area contributed by atoms with E-state index in [1.54, 1.807) is 0 Å². The zero-order valence-electron chi connectivity index (χ0n) is 26.1. The molecular formula is C38H49N2+. The van der Waals surface area contributed by atoms with Crippen LogP contribution in [-0.4, -0.2) is 4.57 Å². The summed E-state index contributed by atoms with van der Waals surface area (Å²) in [6.07, 6.45) is 11.8. The van der Waals surface area contributed by atoms with Crippen molar-refractivity contribution in [3.05, 3.63) is 95.3 Å². The molecule has 4 aromatic rings. The van der Waals surface area contributed by atoms with Crippen LogP contribution in [0.4, 0.5) is 0 Å². The minimum absolute atomic E-state index is 0.0302. The van der Waals surface area contributed by atoms with Crippen LogP contribution in [0.25, 0.3) is 28.2 Å². The van der Waals surface area contributed by atoms with Crippen molar-refractivity contribution in [2.24, 2.45) is 0 Å². The molecule has 0 amide bonds. The van der Waals surface area contributed by atoms with Gasteiger partial charge in [0.1, 0.15) is 23.6 Å². The molecule has 0 aliphatic carbocycles. The van der Waals surface area contributed by atoms with Crippen LogP contribution in [0.15, 0.2) is 73.1 Å². The van der Waals surface area contributed by atoms with Gasteiger partial charge in [-0.3, -0.25) is 0 Å². The van der Waals surface area contributed by atoms with E-state index in [1.807, 2.05) is 0 Å². The Hall–Kier alpha value is -3.13. The number of para-hydroxylation sites is 1. The summed E-state index contributed by atoms with van der Waals surface area (Å²) >= 11 is 0. The summed E-state index contributed by atoms with van der Waals surface area (Å²) in [5, 5.41) is 0. The Morgan fingerprint density at radius 2 is 1.55 bits per heavy atom. The molecule has 0 fully saturated rings. The number of unbranched alkanes of at least 4 members (excludes halogenated alkanes) is 2. The molecule has 3 aromatic carbocycles. The van der Waals surface area contributed by atoms with Crippen LogP contribution in [0.3, 0.4) is 0 Å². The molecule has 40 heavy (non-hydrogen) atoms. The molecule has 0 N–H and O–H groups in total. The molecule has 210 valence electrons. The molecule has 2 atom stereocenters. The van der Waals surface area contributed by atoms with Gasteiger partial charge >= 0.3 is 0 Å². The second-order valence-electron chi connectivity index (χ2n) is 12.7. The van der Waals surface area contributed by atoms with Crippen LogP contribution >= 0.6 is 0 Å². The third-order valence-corrected chi connectivity index (χ3v) is 10.3. The number of imidazole rings is 1. The van der Waals surface area contributed by atoms with Gasteiger partial charge in [0.25, 0.3) is 5.82 Å². The van der Waals surface area contributed by atoms with Crippen LogP contribution in [0, 0.1) is 6.92 Å². The summed E-state index contributed by atoms with van der Waals surface area (Å²) in [7, 11) is 0. The SMILES string of the molecule is CCCCCc1cccc(C)c1-c1cccc(C(C)C)c1-n1cc[n+]2c1-c1ccccc1C(C)(CC)C2(C)CC. The molecule has 0 spiro atoms. The molecule has 1 aliphatic heterocycles. The highest BCUT2D eigenvalue weighted by Gasteiger charge is 2.55. The van der Waals surface area contributed by atoms with E-state index in [-0.39, 0.29) is 11.0 Å². The molecule has 2 heterocycles. The summed E-state index contributed by atoms with van der Waals surface area (Å²) in [5.74, 6) is 1.71. The lowest BCUT2D eigenvalue weighted by atomic mass is 9.61. The molecule has 2 heteroatoms. The molecule has 1 aromatic heterocycles. The van der Waals surface area contributed by atoms with Crippen molar-refractivity contribution in [2.45, 2.75) is 111 Å². The molecule has 5 rings (SSSR count). The van der Waals surface area contributed by atoms with Crippen molar-refractivity contribution >= 4 is 0 Å². The fourth-order valence-corrected chi connectivity index (χ4v) is 7.46. The maximum absolute atomic E-state index is 2.61. The first-order valence-corrected chi connectivity index (χ1v) is 15.7. The molecule has 0 saturated carbocycles. The highest BCUT2D eigenvalue weighted by atomic mass is 15.2. The number of hydrogen-bond donors (Lipinski definition) is 0. The normalized spacial score (nSPS) is 20.0. The lowest BCUT2D eigenvalue weighted by Gasteiger charge is -2.47. The van der Waals surface area contributed by atoms with E-state index in [2.05, 4.69) is 138 Å². The summed E-state index contributed by atoms with van der Waals surface area (Å²) < 4.78 is 5.15. The van der Waals surface area contributed by atoms with Gasteiger partial charge in [-0.2, -0.15) is 4.57 Å². The molecule has 2 unspecified atom stereocenters. The van der Waals surface area contributed by atoms with Crippen molar-refractivity contribution in [3.63, 3.8) is 0 Å². The monoisotopic (exact) mass is 533 g/mol. The van der Waals surface area contributed by atoms with Crippen LogP contribution in [0.1, 0.15) is 109 Å². The number of nitrogens with zero attached hydrogens (tertiary/aromatic N) is 2. The number of hydrogen-bond acceptors (Lipinski definition) is 0. The maximum atomic E-state index is 2.61. The Morgan fingerprint density at radius 1 is 0.825 bits per heavy atom. The van der Waals surface area contributed by atoms with Gasteiger partial charge in [-0.1, -0.05) is 109 Å². The zero-order chi connectivity index (χ0) is 28.7. The first-order chi connectivity index (χ1) is 19.2. The van der Waals surface area contributed by atoms with E-state index in [4.69, 9.17) is 0 Å². The first-order valence-electron chi connectivity index (χ1n) is 15.7. The minimum atomic E-state index is -0.0302. The molecule has 2 nitrogen and oxygen atoms in total. The van der Waals surface area contributed by atoms with E-state index in [0.717, 1.165) is 19.3 Å². The van der Waals surface area contributed by atoms with E-state index in [9.17, 15) is 0 Å². The molecule has 0 radical (unpaired) electrons. The third-order valence-electron chi connectivity index (χ3n) is 10.3. The summed E-state index contributed by atoms with van der Waals surface area (Å²) in [6, 6.07) is 23.1. The smallest absolute Gasteiger partial charge is 0.224 e. The predicted octanol–water partition coefficient (Wildman–Crippen LogP) is 10.1. The Kier molecular flexibility index (Phi) is 7.83. The molecule has 0 saturated heterocycles. The fourth-order valence-electron chi connectivity index (χ4n) is 7.46. The van der Waals surface area contributed by atoms with Gasteiger partial charge < -0.3 is 0 Å². The van der Waals surface area contributed by atoms with Crippen molar-refractivity contribution in [2.75, 3.05) is 0 Å². The van der Waals surface area contributed by atoms with E-state index in [1.165, 1.54) is 69.7 Å². The molecule has 1 aliphatic rings. The number of fused-ring (bicyclic) bond motifs is 3. The highest BCUT2D eigenvalue weighted by Crippen LogP contribution is 2.50. The Labute approximate surface area is 243 Å². The predicted molar refractivity (Wildman–Crippen MR) is 170 cm³/mol. The topological polar surface area (TPSA) is 8.81 Å². The summed E-state index contributed by atoms with van der Waals surface area (Å²) in [5.41, 5.74) is 11.2. The number of benzene rings is 3. The van der Waals surface area contributed by atoms with Crippen LogP contribution in [-0.2, 0) is 17.4 Å².